The highest BCUT2D eigenvalue weighted by Crippen LogP contribution is 2.41. The van der Waals surface area contributed by atoms with Crippen molar-refractivity contribution in [2.24, 2.45) is 0 Å². The van der Waals surface area contributed by atoms with Crippen molar-refractivity contribution in [2.45, 2.75) is 70.3 Å². The van der Waals surface area contributed by atoms with E-state index in [0.717, 1.165) is 48.3 Å². The number of fused-ring (bicyclic) bond motifs is 2. The van der Waals surface area contributed by atoms with Crippen LogP contribution in [0, 0.1) is 0 Å². The number of rotatable bonds is 7. The molecule has 0 spiro atoms. The molecule has 2 atom stereocenters. The van der Waals surface area contributed by atoms with E-state index in [1.165, 1.54) is 5.70 Å². The zero-order valence-electron chi connectivity index (χ0n) is 26.9. The minimum absolute atomic E-state index is 0.00319. The smallest absolute Gasteiger partial charge is 0.256 e. The molecule has 0 bridgehead atoms. The fourth-order valence-electron chi connectivity index (χ4n) is 6.09. The van der Waals surface area contributed by atoms with Crippen molar-refractivity contribution >= 4 is 25.7 Å². The lowest BCUT2D eigenvalue weighted by Gasteiger charge is -2.42. The maximum atomic E-state index is 13.9. The maximum absolute atomic E-state index is 13.9. The highest BCUT2D eigenvalue weighted by Gasteiger charge is 2.41. The standard InChI is InChI=1S/C38H43N3O3Si/c1-38(2,3)45(4,5)44-30-21-22-33-35(25-30)41-23-11-14-29(41)24-34(40-33)36(42)27-17-19-28(20-18-27)39-37(43)32-16-10-9-15-31(32)26-12-7-6-8-13-26/h6-20,24,30,34,40H,21-23,25H2,1-5H3,(H,39,43)/t30-,34?/m1/s1. The largest absolute Gasteiger partial charge is 0.414 e. The molecule has 1 amide bonds. The second-order valence-electron chi connectivity index (χ2n) is 13.7. The summed E-state index contributed by atoms with van der Waals surface area (Å²) >= 11 is 0. The van der Waals surface area contributed by atoms with Gasteiger partial charge in [-0.25, -0.2) is 0 Å². The van der Waals surface area contributed by atoms with Gasteiger partial charge in [-0.1, -0.05) is 75.4 Å². The fourth-order valence-corrected chi connectivity index (χ4v) is 7.47. The average molecular weight is 618 g/mol. The normalized spacial score (nSPS) is 19.7. The molecule has 45 heavy (non-hydrogen) atoms. The van der Waals surface area contributed by atoms with E-state index < -0.39 is 14.4 Å². The Morgan fingerprint density at radius 1 is 0.956 bits per heavy atom. The number of allylic oxidation sites excluding steroid dienone is 2. The Balaban J connectivity index is 1.17. The summed E-state index contributed by atoms with van der Waals surface area (Å²) < 4.78 is 6.83. The molecule has 3 aromatic carbocycles. The Labute approximate surface area is 268 Å². The van der Waals surface area contributed by atoms with Gasteiger partial charge in [-0.2, -0.15) is 0 Å². The Kier molecular flexibility index (Phi) is 8.42. The molecule has 3 aromatic rings. The summed E-state index contributed by atoms with van der Waals surface area (Å²) in [7, 11) is -1.90. The second-order valence-corrected chi connectivity index (χ2v) is 18.5. The highest BCUT2D eigenvalue weighted by molar-refractivity contribution is 6.74. The predicted octanol–water partition coefficient (Wildman–Crippen LogP) is 8.30. The zero-order chi connectivity index (χ0) is 31.8. The molecule has 3 aliphatic rings. The van der Waals surface area contributed by atoms with Crippen LogP contribution in [0.25, 0.3) is 11.1 Å². The molecule has 6 rings (SSSR count). The van der Waals surface area contributed by atoms with Gasteiger partial charge in [-0.3, -0.25) is 9.59 Å². The van der Waals surface area contributed by atoms with Crippen LogP contribution in [0.15, 0.2) is 114 Å². The van der Waals surface area contributed by atoms with E-state index in [1.54, 1.807) is 24.3 Å². The number of anilines is 1. The maximum Gasteiger partial charge on any atom is 0.256 e. The second kappa shape index (κ2) is 12.3. The SMILES string of the molecule is CC(C)(C)[Si](C)(C)O[C@@H]1CCC2=C(C1)N1CC=CC1=CC(C(=O)c1ccc(NC(=O)c3ccccc3-c3ccccc3)cc1)N2. The lowest BCUT2D eigenvalue weighted by molar-refractivity contribution is 0.0965. The monoisotopic (exact) mass is 617 g/mol. The molecule has 0 saturated heterocycles. The Morgan fingerprint density at radius 3 is 2.40 bits per heavy atom. The summed E-state index contributed by atoms with van der Waals surface area (Å²) in [6.45, 7) is 12.3. The van der Waals surface area contributed by atoms with Crippen molar-refractivity contribution in [3.63, 3.8) is 0 Å². The van der Waals surface area contributed by atoms with Crippen molar-refractivity contribution in [3.05, 3.63) is 125 Å². The molecule has 2 heterocycles. The first-order chi connectivity index (χ1) is 21.5. The summed E-state index contributed by atoms with van der Waals surface area (Å²) in [4.78, 5) is 29.5. The third-order valence-electron chi connectivity index (χ3n) is 9.60. The van der Waals surface area contributed by atoms with Gasteiger partial charge in [0, 0.05) is 46.9 Å². The number of hydrogen-bond acceptors (Lipinski definition) is 5. The van der Waals surface area contributed by atoms with Gasteiger partial charge in [0.1, 0.15) is 6.04 Å². The molecule has 0 fully saturated rings. The summed E-state index contributed by atoms with van der Waals surface area (Å²) in [5, 5.41) is 6.78. The van der Waals surface area contributed by atoms with Gasteiger partial charge in [-0.15, -0.1) is 0 Å². The van der Waals surface area contributed by atoms with E-state index in [4.69, 9.17) is 4.43 Å². The van der Waals surface area contributed by atoms with Crippen LogP contribution in [0.2, 0.25) is 18.1 Å². The van der Waals surface area contributed by atoms with Crippen molar-refractivity contribution in [1.82, 2.24) is 10.2 Å². The Morgan fingerprint density at radius 2 is 1.67 bits per heavy atom. The van der Waals surface area contributed by atoms with E-state index in [1.807, 2.05) is 60.7 Å². The van der Waals surface area contributed by atoms with Gasteiger partial charge in [0.05, 0.1) is 6.10 Å². The van der Waals surface area contributed by atoms with Crippen LogP contribution in [-0.4, -0.2) is 43.6 Å². The molecule has 1 unspecified atom stereocenters. The molecule has 0 radical (unpaired) electrons. The lowest BCUT2D eigenvalue weighted by atomic mass is 9.96. The zero-order valence-corrected chi connectivity index (χ0v) is 27.9. The first kappa shape index (κ1) is 30.8. The summed E-state index contributed by atoms with van der Waals surface area (Å²) in [6.07, 6.45) is 9.14. The minimum Gasteiger partial charge on any atom is -0.414 e. The molecule has 2 N–H and O–H groups in total. The quantitative estimate of drug-likeness (QED) is 0.206. The number of carbonyl (C=O) groups is 2. The number of Topliss-reactive ketones (excluding diaryl/α,β-unsaturated/α-hetero) is 1. The van der Waals surface area contributed by atoms with Gasteiger partial charge in [0.25, 0.3) is 5.91 Å². The van der Waals surface area contributed by atoms with E-state index in [2.05, 4.69) is 61.6 Å². The number of nitrogens with zero attached hydrogens (tertiary/aromatic N) is 1. The van der Waals surface area contributed by atoms with Crippen molar-refractivity contribution in [2.75, 3.05) is 11.9 Å². The van der Waals surface area contributed by atoms with Crippen LogP contribution in [0.1, 0.15) is 60.7 Å². The van der Waals surface area contributed by atoms with Gasteiger partial charge >= 0.3 is 0 Å². The van der Waals surface area contributed by atoms with Crippen LogP contribution in [0.3, 0.4) is 0 Å². The van der Waals surface area contributed by atoms with Crippen LogP contribution in [-0.2, 0) is 4.43 Å². The molecule has 6 nitrogen and oxygen atoms in total. The van der Waals surface area contributed by atoms with Gasteiger partial charge in [0.15, 0.2) is 14.1 Å². The molecule has 0 aromatic heterocycles. The van der Waals surface area contributed by atoms with Crippen LogP contribution in [0.5, 0.6) is 0 Å². The number of ketones is 1. The van der Waals surface area contributed by atoms with E-state index >= 15 is 0 Å². The predicted molar refractivity (Wildman–Crippen MR) is 184 cm³/mol. The van der Waals surface area contributed by atoms with Crippen molar-refractivity contribution in [3.8, 4) is 11.1 Å². The van der Waals surface area contributed by atoms with Gasteiger partial charge < -0.3 is 20.0 Å². The summed E-state index contributed by atoms with van der Waals surface area (Å²) in [6, 6.07) is 24.2. The lowest BCUT2D eigenvalue weighted by Crippen LogP contribution is -2.45. The molecular weight excluding hydrogens is 575 g/mol. The Hall–Kier alpha value is -4.20. The molecule has 0 saturated carbocycles. The minimum atomic E-state index is -1.90. The third-order valence-corrected chi connectivity index (χ3v) is 14.1. The van der Waals surface area contributed by atoms with E-state index in [-0.39, 0.29) is 22.8 Å². The average Bonchev–Trinajstić information content (AvgIpc) is 3.43. The van der Waals surface area contributed by atoms with Gasteiger partial charge in [0.2, 0.25) is 0 Å². The van der Waals surface area contributed by atoms with E-state index in [0.29, 0.717) is 16.8 Å². The highest BCUT2D eigenvalue weighted by atomic mass is 28.4. The summed E-state index contributed by atoms with van der Waals surface area (Å²) in [5.74, 6) is -0.187. The molecular formula is C38H43N3O3Si. The van der Waals surface area contributed by atoms with Gasteiger partial charge in [-0.05, 0) is 84.6 Å². The number of hydrogen-bond donors (Lipinski definition) is 2. The third kappa shape index (κ3) is 6.46. The van der Waals surface area contributed by atoms with Crippen LogP contribution < -0.4 is 10.6 Å². The topological polar surface area (TPSA) is 70.7 Å². The number of amides is 1. The number of benzene rings is 3. The molecule has 2 aliphatic heterocycles. The first-order valence-electron chi connectivity index (χ1n) is 15.9. The Bertz CT molecular complexity index is 1680. The summed E-state index contributed by atoms with van der Waals surface area (Å²) in [5.41, 5.74) is 7.13. The van der Waals surface area contributed by atoms with Crippen molar-refractivity contribution in [1.29, 1.82) is 0 Å². The first-order valence-corrected chi connectivity index (χ1v) is 18.8. The van der Waals surface area contributed by atoms with Crippen molar-refractivity contribution < 1.29 is 14.0 Å². The van der Waals surface area contributed by atoms with E-state index in [9.17, 15) is 9.59 Å². The molecule has 7 heteroatoms. The van der Waals surface area contributed by atoms with Crippen LogP contribution in [0.4, 0.5) is 5.69 Å². The molecule has 232 valence electrons. The number of carbonyl (C=O) groups excluding carboxylic acids is 2. The number of nitrogens with one attached hydrogen (secondary N) is 2. The fraction of sp³-hybridized carbons (Fsp3) is 0.316. The molecule has 1 aliphatic carbocycles. The van der Waals surface area contributed by atoms with Crippen LogP contribution >= 0.6 is 0 Å².